The molecule has 0 unspecified atom stereocenters. The molecule has 2 aromatic carbocycles. The molecule has 5 nitrogen and oxygen atoms in total. The van der Waals surface area contributed by atoms with E-state index in [4.69, 9.17) is 23.2 Å². The van der Waals surface area contributed by atoms with E-state index >= 15 is 0 Å². The van der Waals surface area contributed by atoms with E-state index in [2.05, 4.69) is 20.3 Å². The third-order valence-corrected chi connectivity index (χ3v) is 5.11. The quantitative estimate of drug-likeness (QED) is 0.488. The van der Waals surface area contributed by atoms with Gasteiger partial charge in [-0.25, -0.2) is 4.99 Å². The van der Waals surface area contributed by atoms with Crippen LogP contribution in [0.25, 0.3) is 17.1 Å². The summed E-state index contributed by atoms with van der Waals surface area (Å²) >= 11 is 13.5. The monoisotopic (exact) mass is 423 g/mol. The van der Waals surface area contributed by atoms with Crippen LogP contribution in [0.1, 0.15) is 5.56 Å². The minimum absolute atomic E-state index is 0. The van der Waals surface area contributed by atoms with Crippen molar-refractivity contribution in [3.8, 4) is 0 Å². The number of fused-ring (bicyclic) bond motifs is 1. The van der Waals surface area contributed by atoms with Crippen molar-refractivity contribution in [2.24, 2.45) is 4.99 Å². The third-order valence-electron chi connectivity index (χ3n) is 3.59. The Hall–Kier alpha value is -1.41. The van der Waals surface area contributed by atoms with E-state index in [9.17, 15) is 4.79 Å². The molecule has 129 valence electrons. The number of nitrogens with zero attached hydrogens (tertiary/aromatic N) is 3. The first-order valence-corrected chi connectivity index (χ1v) is 9.12. The maximum Gasteiger partial charge on any atom is 0.264 e. The number of hydrogen-bond donors (Lipinski definition) is 1. The van der Waals surface area contributed by atoms with Crippen LogP contribution in [0.3, 0.4) is 0 Å². The van der Waals surface area contributed by atoms with Crippen molar-refractivity contribution in [1.82, 2.24) is 15.3 Å². The van der Waals surface area contributed by atoms with Gasteiger partial charge in [-0.2, -0.15) is 0 Å². The van der Waals surface area contributed by atoms with Crippen LogP contribution in [0.4, 0.5) is 5.69 Å². The number of carbonyl (C=O) groups is 1. The molecule has 1 radical (unpaired) electrons. The van der Waals surface area contributed by atoms with Crippen LogP contribution in [0.2, 0.25) is 10.0 Å². The predicted octanol–water partition coefficient (Wildman–Crippen LogP) is 4.45. The number of thioether (sulfide) groups is 1. The summed E-state index contributed by atoms with van der Waals surface area (Å²) in [7, 11) is 0. The van der Waals surface area contributed by atoms with Crippen LogP contribution >= 0.6 is 35.0 Å². The van der Waals surface area contributed by atoms with E-state index < -0.39 is 0 Å². The molecule has 0 saturated carbocycles. The standard InChI is InChI=1S/C18H10Cl2N4OS.Na/c19-11-2-1-3-12(20)16(11)23-18-24-17(25)15(26-18)9-10-4-5-13-14(8-10)22-7-6-21-13;/h1-9H,(H,23,24,25);/b15-9-;. The number of aliphatic imine (C=N–C) groups is 1. The molecule has 4 rings (SSSR count). The van der Waals surface area contributed by atoms with Gasteiger partial charge in [0.15, 0.2) is 5.17 Å². The molecule has 1 N–H and O–H groups in total. The maximum absolute atomic E-state index is 12.2. The van der Waals surface area contributed by atoms with Crippen LogP contribution in [-0.4, -0.2) is 50.6 Å². The first-order chi connectivity index (χ1) is 12.6. The van der Waals surface area contributed by atoms with Gasteiger partial charge in [-0.1, -0.05) is 35.3 Å². The van der Waals surface area contributed by atoms with Crippen LogP contribution in [0.5, 0.6) is 0 Å². The van der Waals surface area contributed by atoms with Crippen molar-refractivity contribution in [2.45, 2.75) is 0 Å². The van der Waals surface area contributed by atoms with Crippen molar-refractivity contribution in [3.63, 3.8) is 0 Å². The molecule has 1 fully saturated rings. The third kappa shape index (κ3) is 4.54. The molecule has 1 amide bonds. The number of amidine groups is 1. The van der Waals surface area contributed by atoms with Crippen LogP contribution in [-0.2, 0) is 4.79 Å². The number of aromatic nitrogens is 2. The molecule has 0 aliphatic carbocycles. The second-order valence-electron chi connectivity index (χ2n) is 5.36. The van der Waals surface area contributed by atoms with E-state index in [0.29, 0.717) is 25.8 Å². The van der Waals surface area contributed by atoms with Crippen molar-refractivity contribution in [1.29, 1.82) is 0 Å². The maximum atomic E-state index is 12.2. The van der Waals surface area contributed by atoms with Gasteiger partial charge in [0.1, 0.15) is 5.69 Å². The molecule has 1 aliphatic heterocycles. The van der Waals surface area contributed by atoms with Crippen LogP contribution < -0.4 is 5.32 Å². The number of benzene rings is 2. The number of carbonyl (C=O) groups excluding carboxylic acids is 1. The van der Waals surface area contributed by atoms with Gasteiger partial charge in [-0.05, 0) is 47.7 Å². The number of amides is 1. The summed E-state index contributed by atoms with van der Waals surface area (Å²) in [6.07, 6.45) is 5.06. The number of halogens is 2. The first kappa shape index (κ1) is 20.3. The topological polar surface area (TPSA) is 67.2 Å². The fourth-order valence-electron chi connectivity index (χ4n) is 2.40. The van der Waals surface area contributed by atoms with Crippen molar-refractivity contribution < 1.29 is 4.79 Å². The Bertz CT molecular complexity index is 1080. The van der Waals surface area contributed by atoms with Crippen molar-refractivity contribution in [3.05, 3.63) is 69.3 Å². The summed E-state index contributed by atoms with van der Waals surface area (Å²) in [5, 5.41) is 4.00. The van der Waals surface area contributed by atoms with E-state index in [-0.39, 0.29) is 35.5 Å². The summed E-state index contributed by atoms with van der Waals surface area (Å²) in [6, 6.07) is 10.8. The Morgan fingerprint density at radius 3 is 2.48 bits per heavy atom. The number of rotatable bonds is 2. The zero-order valence-corrected chi connectivity index (χ0v) is 18.4. The molecule has 9 heteroatoms. The van der Waals surface area contributed by atoms with E-state index in [1.54, 1.807) is 36.7 Å². The Labute approximate surface area is 191 Å². The molecule has 3 aromatic rings. The van der Waals surface area contributed by atoms with Gasteiger partial charge in [0.05, 0.1) is 26.0 Å². The minimum atomic E-state index is -0.226. The summed E-state index contributed by atoms with van der Waals surface area (Å²) in [5.41, 5.74) is 2.85. The molecule has 1 aliphatic rings. The van der Waals surface area contributed by atoms with Crippen molar-refractivity contribution in [2.75, 3.05) is 0 Å². The minimum Gasteiger partial charge on any atom is -0.300 e. The van der Waals surface area contributed by atoms with Gasteiger partial charge in [-0.3, -0.25) is 14.8 Å². The predicted molar refractivity (Wildman–Crippen MR) is 113 cm³/mol. The van der Waals surface area contributed by atoms with Gasteiger partial charge >= 0.3 is 0 Å². The molecular formula is C18H10Cl2N4NaOS. The van der Waals surface area contributed by atoms with Gasteiger partial charge < -0.3 is 5.32 Å². The Balaban J connectivity index is 0.00000210. The molecule has 1 saturated heterocycles. The summed E-state index contributed by atoms with van der Waals surface area (Å²) < 4.78 is 0. The average molecular weight is 424 g/mol. The fourth-order valence-corrected chi connectivity index (χ4v) is 3.71. The molecule has 0 atom stereocenters. The van der Waals surface area contributed by atoms with Gasteiger partial charge in [0.25, 0.3) is 5.91 Å². The summed E-state index contributed by atoms with van der Waals surface area (Å²) in [4.78, 5) is 25.6. The zero-order valence-electron chi connectivity index (χ0n) is 14.1. The number of nitrogens with one attached hydrogen (secondary N) is 1. The van der Waals surface area contributed by atoms with Gasteiger partial charge in [-0.15, -0.1) is 0 Å². The summed E-state index contributed by atoms with van der Waals surface area (Å²) in [6.45, 7) is 0. The Kier molecular flexibility index (Phi) is 6.57. The largest absolute Gasteiger partial charge is 0.300 e. The van der Waals surface area contributed by atoms with E-state index in [1.807, 2.05) is 18.2 Å². The fraction of sp³-hybridized carbons (Fsp3) is 0. The molecule has 0 bridgehead atoms. The summed E-state index contributed by atoms with van der Waals surface area (Å²) in [5.74, 6) is -0.226. The van der Waals surface area contributed by atoms with Crippen molar-refractivity contribution >= 4 is 98.4 Å². The van der Waals surface area contributed by atoms with Gasteiger partial charge in [0, 0.05) is 42.0 Å². The number of para-hydroxylation sites is 1. The average Bonchev–Trinajstić information content (AvgIpc) is 2.97. The first-order valence-electron chi connectivity index (χ1n) is 7.54. The molecular weight excluding hydrogens is 414 g/mol. The molecule has 2 heterocycles. The van der Waals surface area contributed by atoms with Gasteiger partial charge in [0.2, 0.25) is 0 Å². The SMILES string of the molecule is O=C1NC(=Nc2c(Cl)cccc2Cl)S/C1=C\c1ccc2nccnc2c1.[Na]. The van der Waals surface area contributed by atoms with E-state index in [1.165, 1.54) is 11.8 Å². The zero-order chi connectivity index (χ0) is 18.1. The molecule has 27 heavy (non-hydrogen) atoms. The Morgan fingerprint density at radius 2 is 1.74 bits per heavy atom. The van der Waals surface area contributed by atoms with Crippen LogP contribution in [0.15, 0.2) is 58.7 Å². The number of hydrogen-bond acceptors (Lipinski definition) is 5. The smallest absolute Gasteiger partial charge is 0.264 e. The molecule has 0 spiro atoms. The molecule has 1 aromatic heterocycles. The normalized spacial score (nSPS) is 16.6. The van der Waals surface area contributed by atoms with Crippen LogP contribution in [0, 0.1) is 0 Å². The Morgan fingerprint density at radius 1 is 1.04 bits per heavy atom. The second-order valence-corrected chi connectivity index (χ2v) is 7.20. The van der Waals surface area contributed by atoms with E-state index in [0.717, 1.165) is 16.6 Å². The second kappa shape index (κ2) is 8.73.